The molecule has 4 aliphatic carbocycles. The number of unbranched alkanes of at least 4 members (excludes halogenated alkanes) is 18. The normalized spacial score (nSPS) is 31.5. The van der Waals surface area contributed by atoms with Crippen molar-refractivity contribution < 1.29 is 14.3 Å². The third-order valence-electron chi connectivity index (χ3n) is 14.1. The number of carbonyl (C=O) groups excluding carboxylic acids is 1. The first kappa shape index (κ1) is 38.8. The smallest absolute Gasteiger partial charge is 0.434 e. The van der Waals surface area contributed by atoms with Crippen molar-refractivity contribution in [2.75, 3.05) is 6.61 Å². The molecule has 0 amide bonds. The summed E-state index contributed by atoms with van der Waals surface area (Å²) in [6.45, 7) is 10.4. The molecule has 0 N–H and O–H groups in total. The van der Waals surface area contributed by atoms with Crippen LogP contribution in [0, 0.1) is 34.5 Å². The maximum absolute atomic E-state index is 12.6. The molecule has 4 aliphatic rings. The van der Waals surface area contributed by atoms with E-state index in [9.17, 15) is 4.79 Å². The molecule has 3 nitrogen and oxygen atoms in total. The maximum atomic E-state index is 12.6. The molecule has 0 saturated heterocycles. The first-order valence-electron chi connectivity index (χ1n) is 21.4. The van der Waals surface area contributed by atoms with Gasteiger partial charge in [0, 0.05) is 6.42 Å². The fraction of sp³-hybridized carbons (Fsp3) is 0.932. The predicted octanol–water partition coefficient (Wildman–Crippen LogP) is 14.3. The topological polar surface area (TPSA) is 35.5 Å². The molecule has 272 valence electrons. The largest absolute Gasteiger partial charge is 0.508 e. The Morgan fingerprint density at radius 3 is 1.87 bits per heavy atom. The van der Waals surface area contributed by atoms with E-state index in [0.29, 0.717) is 17.4 Å². The third-order valence-corrected chi connectivity index (χ3v) is 14.1. The van der Waals surface area contributed by atoms with Gasteiger partial charge in [0.25, 0.3) is 0 Å². The standard InChI is InChI=1S/C44H78O3/c1-5-7-9-11-13-14-15-16-17-18-19-20-22-24-34-46-42(45)47-38-30-32-44(4)37(35-38)26-28-39-40-29-27-36(25-23-21-12-10-8-6-2)43(40,3)33-31-41(39)44/h26,36,38-41H,5-25,27-35H2,1-4H3/t36-,38+,39+,40-,41-,43-,44+/m1/s1. The van der Waals surface area contributed by atoms with E-state index in [4.69, 9.17) is 9.47 Å². The highest BCUT2D eigenvalue weighted by atomic mass is 16.7. The summed E-state index contributed by atoms with van der Waals surface area (Å²) in [4.78, 5) is 12.6. The number of hydrogen-bond acceptors (Lipinski definition) is 3. The minimum absolute atomic E-state index is 0.00300. The van der Waals surface area contributed by atoms with Gasteiger partial charge in [-0.05, 0) is 92.3 Å². The Labute approximate surface area is 292 Å². The van der Waals surface area contributed by atoms with Crippen LogP contribution in [0.25, 0.3) is 0 Å². The van der Waals surface area contributed by atoms with Crippen molar-refractivity contribution in [3.05, 3.63) is 11.6 Å². The first-order chi connectivity index (χ1) is 22.9. The van der Waals surface area contributed by atoms with Crippen LogP contribution in [0.15, 0.2) is 11.6 Å². The van der Waals surface area contributed by atoms with Gasteiger partial charge in [-0.2, -0.15) is 0 Å². The second-order valence-corrected chi connectivity index (χ2v) is 17.3. The Kier molecular flexibility index (Phi) is 17.0. The molecule has 4 rings (SSSR count). The molecule has 3 saturated carbocycles. The summed E-state index contributed by atoms with van der Waals surface area (Å²) < 4.78 is 11.4. The Hall–Kier alpha value is -0.990. The molecule has 0 heterocycles. The summed E-state index contributed by atoms with van der Waals surface area (Å²) in [5.74, 6) is 3.56. The molecule has 3 fully saturated rings. The van der Waals surface area contributed by atoms with Crippen LogP contribution < -0.4 is 0 Å². The van der Waals surface area contributed by atoms with Crippen LogP contribution in [0.4, 0.5) is 4.79 Å². The van der Waals surface area contributed by atoms with Crippen LogP contribution in [-0.2, 0) is 9.47 Å². The van der Waals surface area contributed by atoms with Crippen LogP contribution >= 0.6 is 0 Å². The van der Waals surface area contributed by atoms with Gasteiger partial charge in [0.2, 0.25) is 0 Å². The number of allylic oxidation sites excluding steroid dienone is 1. The highest BCUT2D eigenvalue weighted by molar-refractivity contribution is 5.60. The molecule has 3 heteroatoms. The van der Waals surface area contributed by atoms with Gasteiger partial charge in [0.15, 0.2) is 0 Å². The third kappa shape index (κ3) is 11.3. The van der Waals surface area contributed by atoms with Crippen molar-refractivity contribution in [2.24, 2.45) is 34.5 Å². The molecule has 0 aliphatic heterocycles. The molecule has 0 unspecified atom stereocenters. The van der Waals surface area contributed by atoms with Gasteiger partial charge in [-0.3, -0.25) is 0 Å². The Morgan fingerprint density at radius 1 is 0.681 bits per heavy atom. The van der Waals surface area contributed by atoms with Crippen LogP contribution in [0.5, 0.6) is 0 Å². The lowest BCUT2D eigenvalue weighted by Crippen LogP contribution is -2.50. The van der Waals surface area contributed by atoms with E-state index in [1.54, 1.807) is 5.57 Å². The van der Waals surface area contributed by atoms with E-state index in [1.807, 2.05) is 0 Å². The minimum atomic E-state index is -0.432. The second kappa shape index (κ2) is 20.6. The van der Waals surface area contributed by atoms with Crippen molar-refractivity contribution in [2.45, 2.75) is 220 Å². The average Bonchev–Trinajstić information content (AvgIpc) is 3.40. The van der Waals surface area contributed by atoms with Crippen molar-refractivity contribution >= 4 is 6.16 Å². The zero-order valence-corrected chi connectivity index (χ0v) is 31.9. The minimum Gasteiger partial charge on any atom is -0.434 e. The number of fused-ring (bicyclic) bond motifs is 5. The number of carbonyl (C=O) groups is 1. The monoisotopic (exact) mass is 655 g/mol. The van der Waals surface area contributed by atoms with Crippen molar-refractivity contribution in [3.63, 3.8) is 0 Å². The van der Waals surface area contributed by atoms with Gasteiger partial charge in [0.1, 0.15) is 6.10 Å². The van der Waals surface area contributed by atoms with Crippen LogP contribution in [-0.4, -0.2) is 18.9 Å². The summed E-state index contributed by atoms with van der Waals surface area (Å²) >= 11 is 0. The molecule has 0 aromatic rings. The lowest BCUT2D eigenvalue weighted by molar-refractivity contribution is -0.0563. The molecule has 0 bridgehead atoms. The van der Waals surface area contributed by atoms with E-state index >= 15 is 0 Å². The highest BCUT2D eigenvalue weighted by Crippen LogP contribution is 2.66. The summed E-state index contributed by atoms with van der Waals surface area (Å²) in [5.41, 5.74) is 2.48. The summed E-state index contributed by atoms with van der Waals surface area (Å²) in [6.07, 6.45) is 41.1. The van der Waals surface area contributed by atoms with Crippen molar-refractivity contribution in [3.8, 4) is 0 Å². The predicted molar refractivity (Wildman–Crippen MR) is 200 cm³/mol. The quantitative estimate of drug-likeness (QED) is 0.0625. The molecule has 47 heavy (non-hydrogen) atoms. The zero-order chi connectivity index (χ0) is 33.4. The molecule has 0 radical (unpaired) electrons. The lowest BCUT2D eigenvalue weighted by Gasteiger charge is -2.58. The summed E-state index contributed by atoms with van der Waals surface area (Å²) in [6, 6.07) is 0. The molecular weight excluding hydrogens is 576 g/mol. The molecule has 7 atom stereocenters. The molecule has 0 spiro atoms. The number of rotatable bonds is 23. The van der Waals surface area contributed by atoms with Gasteiger partial charge in [-0.1, -0.05) is 161 Å². The Balaban J connectivity index is 1.08. The van der Waals surface area contributed by atoms with E-state index in [0.717, 1.165) is 49.4 Å². The van der Waals surface area contributed by atoms with Gasteiger partial charge in [0.05, 0.1) is 6.61 Å². The Bertz CT molecular complexity index is 910. The molecular formula is C44H78O3. The lowest BCUT2D eigenvalue weighted by atomic mass is 9.47. The van der Waals surface area contributed by atoms with Crippen LogP contribution in [0.2, 0.25) is 0 Å². The van der Waals surface area contributed by atoms with E-state index in [-0.39, 0.29) is 6.10 Å². The molecule has 0 aromatic heterocycles. The SMILES string of the molecule is CCCCCCCCCCCCCCCCOC(=O)O[C@H]1CC[C@@]2(C)C(=CC[C@H]3[C@H]4CC[C@@H](CCCCCCCC)[C@@]4(C)CC[C@H]32)C1. The van der Waals surface area contributed by atoms with Crippen LogP contribution in [0.1, 0.15) is 214 Å². The Morgan fingerprint density at radius 2 is 1.26 bits per heavy atom. The number of hydrogen-bond donors (Lipinski definition) is 0. The van der Waals surface area contributed by atoms with Crippen LogP contribution in [0.3, 0.4) is 0 Å². The zero-order valence-electron chi connectivity index (χ0n) is 31.9. The average molecular weight is 655 g/mol. The van der Waals surface area contributed by atoms with Gasteiger partial charge >= 0.3 is 6.16 Å². The van der Waals surface area contributed by atoms with E-state index in [1.165, 1.54) is 161 Å². The maximum Gasteiger partial charge on any atom is 0.508 e. The van der Waals surface area contributed by atoms with Gasteiger partial charge in [-0.25, -0.2) is 4.79 Å². The fourth-order valence-electron chi connectivity index (χ4n) is 11.1. The summed E-state index contributed by atoms with van der Waals surface area (Å²) in [5, 5.41) is 0. The summed E-state index contributed by atoms with van der Waals surface area (Å²) in [7, 11) is 0. The van der Waals surface area contributed by atoms with Crippen molar-refractivity contribution in [1.82, 2.24) is 0 Å². The van der Waals surface area contributed by atoms with Crippen molar-refractivity contribution in [1.29, 1.82) is 0 Å². The second-order valence-electron chi connectivity index (χ2n) is 17.3. The molecule has 0 aromatic carbocycles. The van der Waals surface area contributed by atoms with E-state index in [2.05, 4.69) is 33.8 Å². The number of ether oxygens (including phenoxy) is 2. The van der Waals surface area contributed by atoms with E-state index < -0.39 is 6.16 Å². The highest BCUT2D eigenvalue weighted by Gasteiger charge is 2.58. The first-order valence-corrected chi connectivity index (χ1v) is 21.4. The van der Waals surface area contributed by atoms with Gasteiger partial charge in [-0.15, -0.1) is 0 Å². The van der Waals surface area contributed by atoms with Gasteiger partial charge < -0.3 is 9.47 Å². The fourth-order valence-corrected chi connectivity index (χ4v) is 11.1.